The maximum Gasteiger partial charge on any atom is 0.180 e. The van der Waals surface area contributed by atoms with E-state index in [0.717, 1.165) is 0 Å². The predicted octanol–water partition coefficient (Wildman–Crippen LogP) is 9.29. The lowest BCUT2D eigenvalue weighted by molar-refractivity contribution is 1.19. The van der Waals surface area contributed by atoms with Gasteiger partial charge in [-0.25, -0.2) is 0 Å². The fraction of sp³-hybridized carbons (Fsp3) is 0. The molecule has 0 unspecified atom stereocenters. The summed E-state index contributed by atoms with van der Waals surface area (Å²) in [5.74, 6) is 0. The molecule has 2 aliphatic rings. The molecule has 0 fully saturated rings. The van der Waals surface area contributed by atoms with Gasteiger partial charge in [0.25, 0.3) is 0 Å². The molecule has 3 aromatic heterocycles. The minimum atomic E-state index is -2.65. The Hall–Kier alpha value is -6.61. The molecular weight excluding hydrogens is 807 g/mol. The van der Waals surface area contributed by atoms with Crippen LogP contribution in [-0.4, -0.2) is 20.7 Å². The van der Waals surface area contributed by atoms with E-state index in [9.17, 15) is 0 Å². The second-order valence-electron chi connectivity index (χ2n) is 16.3. The molecule has 0 radical (unpaired) electrons. The van der Waals surface area contributed by atoms with Crippen LogP contribution in [0.3, 0.4) is 0 Å². The second kappa shape index (κ2) is 13.4. The van der Waals surface area contributed by atoms with Crippen LogP contribution in [-0.2, 0) is 0 Å². The Morgan fingerprint density at radius 2 is 0.803 bits per heavy atom. The number of thiophene rings is 2. The smallest absolute Gasteiger partial charge is 0.180 e. The topological polar surface area (TPSA) is 4.93 Å². The summed E-state index contributed by atoms with van der Waals surface area (Å²) in [5, 5.41) is 13.9. The average molecular weight is 844 g/mol. The highest BCUT2D eigenvalue weighted by Crippen LogP contribution is 2.44. The summed E-state index contributed by atoms with van der Waals surface area (Å²) in [6, 6.07) is 83.2. The minimum absolute atomic E-state index is 1.22. The van der Waals surface area contributed by atoms with E-state index in [4.69, 9.17) is 0 Å². The Morgan fingerprint density at radius 3 is 1.34 bits per heavy atom. The molecule has 5 heterocycles. The van der Waals surface area contributed by atoms with Crippen LogP contribution in [0.1, 0.15) is 0 Å². The number of benzene rings is 8. The van der Waals surface area contributed by atoms with Crippen LogP contribution in [0.5, 0.6) is 0 Å². The lowest BCUT2D eigenvalue weighted by atomic mass is 10.0. The number of hydrogen-bond acceptors (Lipinski definition) is 2. The van der Waals surface area contributed by atoms with E-state index in [0.29, 0.717) is 0 Å². The first-order valence-electron chi connectivity index (χ1n) is 21.0. The molecule has 0 atom stereocenters. The molecule has 0 saturated heterocycles. The van der Waals surface area contributed by atoms with Gasteiger partial charge in [-0.1, -0.05) is 194 Å². The van der Waals surface area contributed by atoms with Crippen LogP contribution in [0.15, 0.2) is 224 Å². The highest BCUT2D eigenvalue weighted by Gasteiger charge is 2.50. The molecule has 0 bridgehead atoms. The molecule has 13 rings (SSSR count). The fourth-order valence-electron chi connectivity index (χ4n) is 11.1. The highest BCUT2D eigenvalue weighted by atomic mass is 32.1. The maximum atomic E-state index is 2.56. The van der Waals surface area contributed by atoms with Crippen molar-refractivity contribution >= 4 is 101 Å². The van der Waals surface area contributed by atoms with Crippen molar-refractivity contribution in [2.45, 2.75) is 0 Å². The van der Waals surface area contributed by atoms with E-state index in [1.807, 2.05) is 22.7 Å². The van der Waals surface area contributed by atoms with Crippen molar-refractivity contribution in [3.63, 3.8) is 0 Å². The average Bonchev–Trinajstić information content (AvgIpc) is 4.15. The first-order valence-corrected chi connectivity index (χ1v) is 26.7. The zero-order valence-corrected chi connectivity index (χ0v) is 36.8. The lowest BCUT2D eigenvalue weighted by Crippen LogP contribution is -2.72. The van der Waals surface area contributed by atoms with Crippen molar-refractivity contribution in [3.05, 3.63) is 224 Å². The Balaban J connectivity index is 1.03. The van der Waals surface area contributed by atoms with Crippen LogP contribution in [0, 0.1) is 0 Å². The highest BCUT2D eigenvalue weighted by molar-refractivity contribution is 7.28. The van der Waals surface area contributed by atoms with Gasteiger partial charge in [0.1, 0.15) is 0 Å². The maximum absolute atomic E-state index is 2.65. The molecule has 0 spiro atoms. The molecule has 61 heavy (non-hydrogen) atoms. The van der Waals surface area contributed by atoms with Crippen LogP contribution < -0.4 is 41.5 Å². The Labute approximate surface area is 365 Å². The molecule has 2 aliphatic heterocycles. The number of fused-ring (bicyclic) bond motifs is 9. The summed E-state index contributed by atoms with van der Waals surface area (Å²) in [7, 11) is -5.26. The zero-order chi connectivity index (χ0) is 40.1. The molecule has 8 aromatic carbocycles. The monoisotopic (exact) mass is 843 g/mol. The molecule has 0 aliphatic carbocycles. The van der Waals surface area contributed by atoms with Crippen molar-refractivity contribution < 1.29 is 0 Å². The van der Waals surface area contributed by atoms with Gasteiger partial charge < -0.3 is 4.57 Å². The second-order valence-corrected chi connectivity index (χ2v) is 25.8. The van der Waals surface area contributed by atoms with Crippen molar-refractivity contribution in [2.75, 3.05) is 0 Å². The van der Waals surface area contributed by atoms with E-state index >= 15 is 0 Å². The number of aromatic nitrogens is 1. The van der Waals surface area contributed by atoms with Gasteiger partial charge in [-0.3, -0.25) is 0 Å². The van der Waals surface area contributed by atoms with Gasteiger partial charge in [-0.05, 0) is 99.0 Å². The van der Waals surface area contributed by atoms with Crippen LogP contribution in [0.4, 0.5) is 0 Å². The Bertz CT molecular complexity index is 3400. The molecule has 11 aromatic rings. The van der Waals surface area contributed by atoms with Gasteiger partial charge in [0.15, 0.2) is 16.1 Å². The number of nitrogens with zero attached hydrogens (tertiary/aromatic N) is 1. The third kappa shape index (κ3) is 4.80. The van der Waals surface area contributed by atoms with E-state index < -0.39 is 16.1 Å². The standard InChI is InChI=1S/C56H37NS2Si2/c1-5-17-40(18-6-1)60(41-19-7-2-8-20-41)51-27-15-13-25-44(51)46-31-29-38(35-53(46)60)50-37-49-56(59-50)55-48(33-34-58-55)57(49)39-30-32-47-45-26-14-16-28-52(45)61(54(47)36-39,42-21-9-3-10-22-42)43-23-11-4-12-24-43/h1-37H. The first-order chi connectivity index (χ1) is 30.3. The normalized spacial score (nSPS) is 14.2. The van der Waals surface area contributed by atoms with E-state index in [1.165, 1.54) is 100 Å². The van der Waals surface area contributed by atoms with Crippen LogP contribution in [0.25, 0.3) is 58.8 Å². The summed E-state index contributed by atoms with van der Waals surface area (Å²) < 4.78 is 5.27. The molecule has 286 valence electrons. The third-order valence-electron chi connectivity index (χ3n) is 13.5. The largest absolute Gasteiger partial charge is 0.307 e. The number of rotatable bonds is 6. The zero-order valence-electron chi connectivity index (χ0n) is 33.1. The lowest BCUT2D eigenvalue weighted by Gasteiger charge is -2.31. The Morgan fingerprint density at radius 1 is 0.344 bits per heavy atom. The summed E-state index contributed by atoms with van der Waals surface area (Å²) >= 11 is 3.80. The molecular formula is C56H37NS2Si2. The number of hydrogen-bond donors (Lipinski definition) is 0. The predicted molar refractivity (Wildman–Crippen MR) is 267 cm³/mol. The van der Waals surface area contributed by atoms with Crippen molar-refractivity contribution in [1.29, 1.82) is 0 Å². The van der Waals surface area contributed by atoms with Gasteiger partial charge in [-0.15, -0.1) is 22.7 Å². The van der Waals surface area contributed by atoms with Crippen LogP contribution in [0.2, 0.25) is 0 Å². The third-order valence-corrected chi connectivity index (χ3v) is 25.5. The summed E-state index contributed by atoms with van der Waals surface area (Å²) in [6.07, 6.45) is 0. The summed E-state index contributed by atoms with van der Waals surface area (Å²) in [5.41, 5.74) is 10.5. The van der Waals surface area contributed by atoms with Crippen LogP contribution >= 0.6 is 22.7 Å². The SMILES string of the molecule is c1ccc([Si]2(c3ccccc3)c3ccccc3-c3ccc(-c4cc5c(s4)c4sccc4n5-c4ccc5c(c4)[Si](c4ccccc4)(c4ccccc4)c4ccccc4-5)cc32)cc1. The molecule has 5 heteroatoms. The quantitative estimate of drug-likeness (QED) is 0.147. The van der Waals surface area contributed by atoms with Gasteiger partial charge in [0.05, 0.1) is 20.4 Å². The van der Waals surface area contributed by atoms with Crippen molar-refractivity contribution in [2.24, 2.45) is 0 Å². The van der Waals surface area contributed by atoms with Gasteiger partial charge in [0.2, 0.25) is 0 Å². The Kier molecular flexibility index (Phi) is 7.76. The van der Waals surface area contributed by atoms with Crippen molar-refractivity contribution in [1.82, 2.24) is 4.57 Å². The minimum Gasteiger partial charge on any atom is -0.307 e. The van der Waals surface area contributed by atoms with E-state index in [1.54, 1.807) is 0 Å². The molecule has 0 saturated carbocycles. The van der Waals surface area contributed by atoms with Gasteiger partial charge in [-0.2, -0.15) is 0 Å². The fourth-order valence-corrected chi connectivity index (χ4v) is 23.7. The summed E-state index contributed by atoms with van der Waals surface area (Å²) in [4.78, 5) is 1.31. The first kappa shape index (κ1) is 35.2. The van der Waals surface area contributed by atoms with E-state index in [-0.39, 0.29) is 0 Å². The summed E-state index contributed by atoms with van der Waals surface area (Å²) in [6.45, 7) is 0. The van der Waals surface area contributed by atoms with Crippen molar-refractivity contribution in [3.8, 4) is 38.4 Å². The van der Waals surface area contributed by atoms with Gasteiger partial charge in [0, 0.05) is 10.6 Å². The molecule has 0 amide bonds. The van der Waals surface area contributed by atoms with Gasteiger partial charge >= 0.3 is 0 Å². The van der Waals surface area contributed by atoms with E-state index in [2.05, 4.69) is 228 Å². The molecule has 0 N–H and O–H groups in total. The molecule has 1 nitrogen and oxygen atoms in total.